The lowest BCUT2D eigenvalue weighted by Gasteiger charge is -2.00. The van der Waals surface area contributed by atoms with Gasteiger partial charge < -0.3 is 4.98 Å². The molecule has 3 heterocycles. The molecule has 140 valence electrons. The van der Waals surface area contributed by atoms with Gasteiger partial charge in [0.05, 0.1) is 11.2 Å². The third-order valence-electron chi connectivity index (χ3n) is 4.64. The van der Waals surface area contributed by atoms with E-state index >= 15 is 0 Å². The molecule has 0 radical (unpaired) electrons. The van der Waals surface area contributed by atoms with Gasteiger partial charge in [0.25, 0.3) is 0 Å². The van der Waals surface area contributed by atoms with Crippen molar-refractivity contribution in [1.82, 2.24) is 19.2 Å². The molecular weight excluding hydrogens is 384 g/mol. The third kappa shape index (κ3) is 2.96. The van der Waals surface area contributed by atoms with E-state index in [1.165, 1.54) is 4.68 Å². The Balaban J connectivity index is 1.75. The predicted molar refractivity (Wildman–Crippen MR) is 114 cm³/mol. The van der Waals surface area contributed by atoms with Crippen LogP contribution in [0, 0.1) is 18.8 Å². The summed E-state index contributed by atoms with van der Waals surface area (Å²) in [7, 11) is 0. The van der Waals surface area contributed by atoms with Gasteiger partial charge in [-0.15, -0.1) is 5.10 Å². The number of fused-ring (bicyclic) bond motifs is 3. The molecule has 0 unspecified atom stereocenters. The molecule has 0 fully saturated rings. The van der Waals surface area contributed by atoms with Gasteiger partial charge in [-0.1, -0.05) is 29.5 Å². The maximum atomic E-state index is 12.9. The molecule has 0 aliphatic rings. The summed E-state index contributed by atoms with van der Waals surface area (Å²) in [5, 5.41) is 9.06. The quantitative estimate of drug-likeness (QED) is 0.441. The van der Waals surface area contributed by atoms with Crippen molar-refractivity contribution in [2.45, 2.75) is 6.92 Å². The van der Waals surface area contributed by atoms with Gasteiger partial charge in [0.15, 0.2) is 5.65 Å². The van der Waals surface area contributed by atoms with Gasteiger partial charge >= 0.3 is 11.4 Å². The van der Waals surface area contributed by atoms with E-state index in [1.54, 1.807) is 29.5 Å². The van der Waals surface area contributed by atoms with Crippen molar-refractivity contribution < 1.29 is 0 Å². The summed E-state index contributed by atoms with van der Waals surface area (Å²) in [6.45, 7) is 1.97. The van der Waals surface area contributed by atoms with Crippen molar-refractivity contribution in [3.8, 4) is 17.5 Å². The Hall–Kier alpha value is -3.89. The zero-order valence-corrected chi connectivity index (χ0v) is 16.2. The van der Waals surface area contributed by atoms with E-state index in [0.717, 1.165) is 21.1 Å². The highest BCUT2D eigenvalue weighted by molar-refractivity contribution is 7.08. The van der Waals surface area contributed by atoms with Crippen LogP contribution in [0.2, 0.25) is 0 Å². The van der Waals surface area contributed by atoms with E-state index in [0.29, 0.717) is 22.2 Å². The highest BCUT2D eigenvalue weighted by Crippen LogP contribution is 2.17. The smallest absolute Gasteiger partial charge is 0.306 e. The van der Waals surface area contributed by atoms with Crippen LogP contribution < -0.4 is 11.4 Å². The molecule has 0 atom stereocenters. The largest absolute Gasteiger partial charge is 0.359 e. The lowest BCUT2D eigenvalue weighted by Crippen LogP contribution is -2.29. The Morgan fingerprint density at radius 1 is 1.00 bits per heavy atom. The SMILES string of the molecule is Cc1ccc(-n2nc3c4cc(C#Cc5ccsc5)ccc4[nH]c(=O)n3c2=O)cc1. The monoisotopic (exact) mass is 398 g/mol. The van der Waals surface area contributed by atoms with Gasteiger partial charge in [0.2, 0.25) is 0 Å². The van der Waals surface area contributed by atoms with Gasteiger partial charge in [-0.3, -0.25) is 0 Å². The topological polar surface area (TPSA) is 72.2 Å². The average molecular weight is 398 g/mol. The number of hydrogen-bond acceptors (Lipinski definition) is 4. The van der Waals surface area contributed by atoms with Crippen LogP contribution in [0.1, 0.15) is 16.7 Å². The van der Waals surface area contributed by atoms with Crippen LogP contribution >= 0.6 is 11.3 Å². The first kappa shape index (κ1) is 17.2. The number of aromatic nitrogens is 4. The van der Waals surface area contributed by atoms with Gasteiger partial charge in [-0.05, 0) is 48.7 Å². The van der Waals surface area contributed by atoms with Crippen LogP contribution in [0.25, 0.3) is 22.2 Å². The average Bonchev–Trinajstić information content (AvgIpc) is 3.36. The number of rotatable bonds is 1. The molecule has 5 rings (SSSR count). The molecule has 5 aromatic rings. The maximum Gasteiger partial charge on any atom is 0.359 e. The lowest BCUT2D eigenvalue weighted by molar-refractivity contribution is 0.827. The first-order chi connectivity index (χ1) is 14.1. The molecule has 0 bridgehead atoms. The van der Waals surface area contributed by atoms with Gasteiger partial charge in [0, 0.05) is 21.9 Å². The fourth-order valence-electron chi connectivity index (χ4n) is 3.15. The fraction of sp³-hybridized carbons (Fsp3) is 0.0455. The zero-order chi connectivity index (χ0) is 20.0. The summed E-state index contributed by atoms with van der Waals surface area (Å²) >= 11 is 1.59. The lowest BCUT2D eigenvalue weighted by atomic mass is 10.1. The molecule has 29 heavy (non-hydrogen) atoms. The molecule has 1 N–H and O–H groups in total. The minimum Gasteiger partial charge on any atom is -0.306 e. The first-order valence-corrected chi connectivity index (χ1v) is 9.83. The molecule has 2 aromatic carbocycles. The molecule has 0 spiro atoms. The second kappa shape index (κ2) is 6.62. The normalized spacial score (nSPS) is 10.9. The number of aromatic amines is 1. The van der Waals surface area contributed by atoms with Gasteiger partial charge in [-0.2, -0.15) is 20.4 Å². The molecule has 0 saturated carbocycles. The summed E-state index contributed by atoms with van der Waals surface area (Å²) < 4.78 is 2.30. The van der Waals surface area contributed by atoms with E-state index in [-0.39, 0.29) is 0 Å². The molecule has 7 heteroatoms. The third-order valence-corrected chi connectivity index (χ3v) is 5.32. The van der Waals surface area contributed by atoms with Crippen molar-refractivity contribution in [3.05, 3.63) is 96.9 Å². The standard InChI is InChI=1S/C22H14N4O2S/c1-14-2-7-17(8-3-14)26-22(28)25-20(24-26)18-12-15(4-5-16-10-11-29-13-16)6-9-19(18)23-21(25)27/h2-3,6-13H,1H3,(H,23,27). The molecule has 0 amide bonds. The number of nitrogens with one attached hydrogen (secondary N) is 1. The van der Waals surface area contributed by atoms with Crippen molar-refractivity contribution in [2.24, 2.45) is 0 Å². The van der Waals surface area contributed by atoms with Crippen molar-refractivity contribution in [1.29, 1.82) is 0 Å². The second-order valence-corrected chi connectivity index (χ2v) is 7.42. The van der Waals surface area contributed by atoms with Crippen LogP contribution in [0.15, 0.2) is 68.9 Å². The Bertz CT molecular complexity index is 1540. The van der Waals surface area contributed by atoms with Crippen LogP contribution in [0.5, 0.6) is 0 Å². The molecule has 0 aliphatic carbocycles. The molecular formula is C22H14N4O2S. The maximum absolute atomic E-state index is 12.9. The van der Waals surface area contributed by atoms with Crippen LogP contribution in [-0.4, -0.2) is 19.2 Å². The summed E-state index contributed by atoms with van der Waals surface area (Å²) in [5.41, 5.74) is 3.26. The Morgan fingerprint density at radius 2 is 1.79 bits per heavy atom. The summed E-state index contributed by atoms with van der Waals surface area (Å²) in [6, 6.07) is 14.8. The van der Waals surface area contributed by atoms with Crippen molar-refractivity contribution >= 4 is 27.9 Å². The highest BCUT2D eigenvalue weighted by atomic mass is 32.1. The molecule has 0 aliphatic heterocycles. The number of aryl methyl sites for hydroxylation is 1. The Kier molecular flexibility index (Phi) is 3.93. The fourth-order valence-corrected chi connectivity index (χ4v) is 3.73. The summed E-state index contributed by atoms with van der Waals surface area (Å²) in [6.07, 6.45) is 0. The Morgan fingerprint density at radius 3 is 2.55 bits per heavy atom. The van der Waals surface area contributed by atoms with E-state index in [2.05, 4.69) is 21.9 Å². The van der Waals surface area contributed by atoms with E-state index in [1.807, 2.05) is 48.0 Å². The predicted octanol–water partition coefficient (Wildman–Crippen LogP) is 3.10. The number of thiophene rings is 1. The molecule has 6 nitrogen and oxygen atoms in total. The Labute approximate surface area is 168 Å². The first-order valence-electron chi connectivity index (χ1n) is 8.89. The van der Waals surface area contributed by atoms with Crippen LogP contribution in [0.4, 0.5) is 0 Å². The molecule has 0 saturated heterocycles. The van der Waals surface area contributed by atoms with Crippen LogP contribution in [-0.2, 0) is 0 Å². The second-order valence-electron chi connectivity index (χ2n) is 6.64. The minimum atomic E-state index is -0.520. The summed E-state index contributed by atoms with van der Waals surface area (Å²) in [5.74, 6) is 6.23. The van der Waals surface area contributed by atoms with E-state index in [4.69, 9.17) is 0 Å². The van der Waals surface area contributed by atoms with E-state index in [9.17, 15) is 9.59 Å². The number of hydrogen-bond donors (Lipinski definition) is 1. The van der Waals surface area contributed by atoms with Crippen molar-refractivity contribution in [3.63, 3.8) is 0 Å². The molecule has 3 aromatic heterocycles. The zero-order valence-electron chi connectivity index (χ0n) is 15.3. The van der Waals surface area contributed by atoms with Crippen LogP contribution in [0.3, 0.4) is 0 Å². The highest BCUT2D eigenvalue weighted by Gasteiger charge is 2.15. The minimum absolute atomic E-state index is 0.300. The van der Waals surface area contributed by atoms with Gasteiger partial charge in [0.1, 0.15) is 0 Å². The summed E-state index contributed by atoms with van der Waals surface area (Å²) in [4.78, 5) is 28.1. The van der Waals surface area contributed by atoms with Crippen molar-refractivity contribution in [2.75, 3.05) is 0 Å². The number of H-pyrrole nitrogens is 1. The van der Waals surface area contributed by atoms with Gasteiger partial charge in [-0.25, -0.2) is 9.59 Å². The van der Waals surface area contributed by atoms with E-state index < -0.39 is 11.4 Å². The number of benzene rings is 2. The number of nitrogens with zero attached hydrogens (tertiary/aromatic N) is 3.